The second-order valence-electron chi connectivity index (χ2n) is 7.56. The van der Waals surface area contributed by atoms with E-state index in [1.807, 2.05) is 0 Å². The van der Waals surface area contributed by atoms with E-state index in [2.05, 4.69) is 51.8 Å². The van der Waals surface area contributed by atoms with Crippen molar-refractivity contribution in [3.8, 4) is 0 Å². The first-order valence-electron chi connectivity index (χ1n) is 8.34. The maximum atomic E-state index is 3.76. The molecule has 2 heteroatoms. The van der Waals surface area contributed by atoms with Crippen LogP contribution in [0.4, 0.5) is 0 Å². The van der Waals surface area contributed by atoms with Crippen LogP contribution < -0.4 is 5.32 Å². The fraction of sp³-hybridized carbons (Fsp3) is 1.00. The van der Waals surface area contributed by atoms with Crippen LogP contribution >= 0.6 is 0 Å². The highest BCUT2D eigenvalue weighted by Gasteiger charge is 2.32. The van der Waals surface area contributed by atoms with E-state index in [9.17, 15) is 0 Å². The second kappa shape index (κ2) is 7.64. The topological polar surface area (TPSA) is 15.3 Å². The van der Waals surface area contributed by atoms with Crippen LogP contribution in [0.1, 0.15) is 60.8 Å². The van der Waals surface area contributed by atoms with Gasteiger partial charge >= 0.3 is 0 Å². The van der Waals surface area contributed by atoms with Crippen LogP contribution in [0.25, 0.3) is 0 Å². The lowest BCUT2D eigenvalue weighted by molar-refractivity contribution is 0.204. The lowest BCUT2D eigenvalue weighted by atomic mass is 9.80. The summed E-state index contributed by atoms with van der Waals surface area (Å²) in [7, 11) is 0. The fourth-order valence-electron chi connectivity index (χ4n) is 3.04. The first-order chi connectivity index (χ1) is 8.88. The zero-order valence-electron chi connectivity index (χ0n) is 14.1. The van der Waals surface area contributed by atoms with Crippen molar-refractivity contribution in [3.63, 3.8) is 0 Å². The minimum atomic E-state index is 0.470. The first-order valence-corrected chi connectivity index (χ1v) is 8.34. The predicted molar refractivity (Wildman–Crippen MR) is 85.5 cm³/mol. The molecule has 2 nitrogen and oxygen atoms in total. The van der Waals surface area contributed by atoms with Gasteiger partial charge in [-0.05, 0) is 43.2 Å². The molecule has 0 spiro atoms. The minimum Gasteiger partial charge on any atom is -0.312 e. The molecule has 0 bridgehead atoms. The number of rotatable bonds is 7. The molecule has 1 aliphatic heterocycles. The normalized spacial score (nSPS) is 24.6. The second-order valence-corrected chi connectivity index (χ2v) is 7.56. The predicted octanol–water partition coefficient (Wildman–Crippen LogP) is 3.77. The van der Waals surface area contributed by atoms with Crippen molar-refractivity contribution in [2.75, 3.05) is 26.2 Å². The van der Waals surface area contributed by atoms with Crippen LogP contribution in [0.5, 0.6) is 0 Å². The average molecular weight is 268 g/mol. The molecule has 1 fully saturated rings. The van der Waals surface area contributed by atoms with Crippen LogP contribution in [0.15, 0.2) is 0 Å². The van der Waals surface area contributed by atoms with Gasteiger partial charge in [0.25, 0.3) is 0 Å². The summed E-state index contributed by atoms with van der Waals surface area (Å²) in [5, 5.41) is 3.76. The number of hydrogen-bond donors (Lipinski definition) is 1. The molecule has 3 atom stereocenters. The number of nitrogens with one attached hydrogen (secondary N) is 1. The average Bonchev–Trinajstić information content (AvgIpc) is 2.81. The van der Waals surface area contributed by atoms with Crippen molar-refractivity contribution in [2.24, 2.45) is 17.3 Å². The van der Waals surface area contributed by atoms with Gasteiger partial charge in [-0.2, -0.15) is 0 Å². The number of likely N-dealkylation sites (tertiary alicyclic amines) is 1. The van der Waals surface area contributed by atoms with Gasteiger partial charge in [0.2, 0.25) is 0 Å². The number of hydrogen-bond acceptors (Lipinski definition) is 2. The first kappa shape index (κ1) is 17.0. The van der Waals surface area contributed by atoms with Crippen molar-refractivity contribution < 1.29 is 0 Å². The maximum Gasteiger partial charge on any atom is 0.0220 e. The van der Waals surface area contributed by atoms with Gasteiger partial charge in [0, 0.05) is 19.1 Å². The Hall–Kier alpha value is -0.0800. The standard InChI is InChI=1S/C17H36N2/c1-7-10-18-16(14(3)8-2)13-19-11-9-15(12-19)17(4,5)6/h14-16,18H,7-13H2,1-6H3. The fourth-order valence-corrected chi connectivity index (χ4v) is 3.04. The lowest BCUT2D eigenvalue weighted by Gasteiger charge is -2.31. The molecule has 1 rings (SSSR count). The van der Waals surface area contributed by atoms with E-state index in [0.717, 1.165) is 18.4 Å². The van der Waals surface area contributed by atoms with Crippen LogP contribution in [0, 0.1) is 17.3 Å². The Morgan fingerprint density at radius 1 is 1.26 bits per heavy atom. The Balaban J connectivity index is 2.47. The smallest absolute Gasteiger partial charge is 0.0220 e. The van der Waals surface area contributed by atoms with Crippen molar-refractivity contribution in [2.45, 2.75) is 66.8 Å². The summed E-state index contributed by atoms with van der Waals surface area (Å²) in [6, 6.07) is 0.670. The zero-order chi connectivity index (χ0) is 14.5. The van der Waals surface area contributed by atoms with E-state index in [4.69, 9.17) is 0 Å². The van der Waals surface area contributed by atoms with E-state index in [1.54, 1.807) is 0 Å². The Bertz CT molecular complexity index is 244. The third-order valence-electron chi connectivity index (χ3n) is 4.94. The summed E-state index contributed by atoms with van der Waals surface area (Å²) in [6.45, 7) is 19.1. The van der Waals surface area contributed by atoms with Crippen molar-refractivity contribution in [3.05, 3.63) is 0 Å². The molecular weight excluding hydrogens is 232 g/mol. The van der Waals surface area contributed by atoms with E-state index in [-0.39, 0.29) is 0 Å². The largest absolute Gasteiger partial charge is 0.312 e. The molecule has 114 valence electrons. The summed E-state index contributed by atoms with van der Waals surface area (Å²) in [5.41, 5.74) is 0.470. The summed E-state index contributed by atoms with van der Waals surface area (Å²) in [4.78, 5) is 2.69. The lowest BCUT2D eigenvalue weighted by Crippen LogP contribution is -2.44. The summed E-state index contributed by atoms with van der Waals surface area (Å²) < 4.78 is 0. The Morgan fingerprint density at radius 2 is 1.95 bits per heavy atom. The Labute approximate surface area is 121 Å². The Kier molecular flexibility index (Phi) is 6.82. The zero-order valence-corrected chi connectivity index (χ0v) is 14.1. The van der Waals surface area contributed by atoms with Crippen LogP contribution in [-0.4, -0.2) is 37.1 Å². The maximum absolute atomic E-state index is 3.76. The molecule has 1 aliphatic rings. The van der Waals surface area contributed by atoms with Gasteiger partial charge in [-0.15, -0.1) is 0 Å². The molecule has 0 amide bonds. The third kappa shape index (κ3) is 5.43. The summed E-state index contributed by atoms with van der Waals surface area (Å²) in [5.74, 6) is 1.65. The highest BCUT2D eigenvalue weighted by atomic mass is 15.2. The third-order valence-corrected chi connectivity index (χ3v) is 4.94. The van der Waals surface area contributed by atoms with Crippen LogP contribution in [-0.2, 0) is 0 Å². The van der Waals surface area contributed by atoms with E-state index in [0.29, 0.717) is 11.5 Å². The van der Waals surface area contributed by atoms with E-state index < -0.39 is 0 Å². The van der Waals surface area contributed by atoms with Crippen LogP contribution in [0.3, 0.4) is 0 Å². The molecular formula is C17H36N2. The monoisotopic (exact) mass is 268 g/mol. The molecule has 1 heterocycles. The molecule has 1 N–H and O–H groups in total. The molecule has 0 radical (unpaired) electrons. The molecule has 1 saturated heterocycles. The minimum absolute atomic E-state index is 0.470. The van der Waals surface area contributed by atoms with Gasteiger partial charge in [0.1, 0.15) is 0 Å². The van der Waals surface area contributed by atoms with Gasteiger partial charge in [-0.1, -0.05) is 48.0 Å². The molecule has 19 heavy (non-hydrogen) atoms. The van der Waals surface area contributed by atoms with Gasteiger partial charge in [0.05, 0.1) is 0 Å². The SMILES string of the molecule is CCCNC(CN1CCC(C(C)(C)C)C1)C(C)CC. The molecule has 0 saturated carbocycles. The highest BCUT2D eigenvalue weighted by Crippen LogP contribution is 2.33. The quantitative estimate of drug-likeness (QED) is 0.756. The molecule has 0 aromatic heterocycles. The molecule has 0 aromatic rings. The van der Waals surface area contributed by atoms with Gasteiger partial charge in [-0.25, -0.2) is 0 Å². The summed E-state index contributed by atoms with van der Waals surface area (Å²) in [6.07, 6.45) is 3.89. The van der Waals surface area contributed by atoms with Crippen molar-refractivity contribution >= 4 is 0 Å². The molecule has 0 aromatic carbocycles. The van der Waals surface area contributed by atoms with Gasteiger partial charge < -0.3 is 10.2 Å². The molecule has 0 aliphatic carbocycles. The summed E-state index contributed by atoms with van der Waals surface area (Å²) >= 11 is 0. The Morgan fingerprint density at radius 3 is 2.42 bits per heavy atom. The highest BCUT2D eigenvalue weighted by molar-refractivity contribution is 4.86. The van der Waals surface area contributed by atoms with E-state index >= 15 is 0 Å². The van der Waals surface area contributed by atoms with Crippen molar-refractivity contribution in [1.29, 1.82) is 0 Å². The van der Waals surface area contributed by atoms with Crippen molar-refractivity contribution in [1.82, 2.24) is 10.2 Å². The van der Waals surface area contributed by atoms with Crippen LogP contribution in [0.2, 0.25) is 0 Å². The number of nitrogens with zero attached hydrogens (tertiary/aromatic N) is 1. The van der Waals surface area contributed by atoms with Gasteiger partial charge in [-0.3, -0.25) is 0 Å². The van der Waals surface area contributed by atoms with Gasteiger partial charge in [0.15, 0.2) is 0 Å². The molecule has 3 unspecified atom stereocenters. The van der Waals surface area contributed by atoms with E-state index in [1.165, 1.54) is 38.9 Å².